The lowest BCUT2D eigenvalue weighted by Crippen LogP contribution is -2.07. The summed E-state index contributed by atoms with van der Waals surface area (Å²) in [5.41, 5.74) is 3.23. The average molecular weight is 434 g/mol. The number of ether oxygens (including phenoxy) is 1. The summed E-state index contributed by atoms with van der Waals surface area (Å²) in [7, 11) is 0. The predicted molar refractivity (Wildman–Crippen MR) is 120 cm³/mol. The number of hydrogen-bond acceptors (Lipinski definition) is 7. The van der Waals surface area contributed by atoms with Gasteiger partial charge in [0.2, 0.25) is 0 Å². The molecule has 2 heterocycles. The molecule has 4 rings (SSSR count). The van der Waals surface area contributed by atoms with Gasteiger partial charge < -0.3 is 9.26 Å². The zero-order valence-corrected chi connectivity index (χ0v) is 18.3. The smallest absolute Gasteiger partial charge is 0.257 e. The number of aryl methyl sites for hydroxylation is 2. The van der Waals surface area contributed by atoms with Crippen LogP contribution in [0, 0.1) is 13.8 Å². The van der Waals surface area contributed by atoms with Gasteiger partial charge in [-0.1, -0.05) is 52.8 Å². The van der Waals surface area contributed by atoms with Gasteiger partial charge >= 0.3 is 0 Å². The monoisotopic (exact) mass is 433 g/mol. The van der Waals surface area contributed by atoms with Crippen molar-refractivity contribution in [3.8, 4) is 17.2 Å². The highest BCUT2D eigenvalue weighted by atomic mass is 32.2. The van der Waals surface area contributed by atoms with E-state index >= 15 is 0 Å². The van der Waals surface area contributed by atoms with Gasteiger partial charge in [0.25, 0.3) is 5.89 Å². The normalized spacial score (nSPS) is 10.9. The molecule has 0 amide bonds. The number of aromatic nitrogens is 5. The van der Waals surface area contributed by atoms with Crippen LogP contribution in [0.4, 0.5) is 0 Å². The van der Waals surface area contributed by atoms with Crippen molar-refractivity contribution < 1.29 is 9.26 Å². The Morgan fingerprint density at radius 1 is 1.10 bits per heavy atom. The number of hydrogen-bond donors (Lipinski definition) is 0. The van der Waals surface area contributed by atoms with Crippen LogP contribution in [-0.4, -0.2) is 24.9 Å². The van der Waals surface area contributed by atoms with Gasteiger partial charge in [0.15, 0.2) is 16.8 Å². The Kier molecular flexibility index (Phi) is 6.47. The van der Waals surface area contributed by atoms with Crippen LogP contribution in [-0.2, 0) is 18.9 Å². The average Bonchev–Trinajstić information content (AvgIpc) is 3.39. The second-order valence-corrected chi connectivity index (χ2v) is 8.02. The Labute approximate surface area is 185 Å². The van der Waals surface area contributed by atoms with Crippen molar-refractivity contribution in [1.82, 2.24) is 24.9 Å². The van der Waals surface area contributed by atoms with Crippen LogP contribution in [0.25, 0.3) is 11.5 Å². The summed E-state index contributed by atoms with van der Waals surface area (Å²) in [6, 6.07) is 15.9. The lowest BCUT2D eigenvalue weighted by atomic mass is 10.1. The van der Waals surface area contributed by atoms with Gasteiger partial charge in [-0.2, -0.15) is 4.98 Å². The van der Waals surface area contributed by atoms with E-state index in [2.05, 4.69) is 26.9 Å². The second-order valence-electron chi connectivity index (χ2n) is 7.07. The number of benzene rings is 2. The van der Waals surface area contributed by atoms with Crippen molar-refractivity contribution in [2.24, 2.45) is 0 Å². The van der Waals surface area contributed by atoms with E-state index in [4.69, 9.17) is 9.26 Å². The maximum atomic E-state index is 5.89. The Balaban J connectivity index is 1.42. The van der Waals surface area contributed by atoms with Crippen LogP contribution in [0.1, 0.15) is 22.8 Å². The Hall–Kier alpha value is -3.39. The molecule has 158 valence electrons. The Morgan fingerprint density at radius 3 is 2.71 bits per heavy atom. The molecule has 0 spiro atoms. The minimum Gasteiger partial charge on any atom is -0.486 e. The zero-order chi connectivity index (χ0) is 21.6. The molecule has 0 atom stereocenters. The van der Waals surface area contributed by atoms with Gasteiger partial charge in [-0.25, -0.2) is 0 Å². The highest BCUT2D eigenvalue weighted by molar-refractivity contribution is 7.98. The molecule has 31 heavy (non-hydrogen) atoms. The predicted octanol–water partition coefficient (Wildman–Crippen LogP) is 5.00. The first kappa shape index (κ1) is 20.9. The molecule has 0 aliphatic rings. The van der Waals surface area contributed by atoms with Crippen molar-refractivity contribution >= 4 is 11.8 Å². The molecule has 8 heteroatoms. The highest BCUT2D eigenvalue weighted by Crippen LogP contribution is 2.24. The van der Waals surface area contributed by atoms with Crippen molar-refractivity contribution in [3.63, 3.8) is 0 Å². The van der Waals surface area contributed by atoms with Crippen LogP contribution >= 0.6 is 11.8 Å². The Morgan fingerprint density at radius 2 is 1.94 bits per heavy atom. The van der Waals surface area contributed by atoms with E-state index in [1.807, 2.05) is 73.0 Å². The minimum absolute atomic E-state index is 0.324. The van der Waals surface area contributed by atoms with Gasteiger partial charge in [-0.05, 0) is 43.7 Å². The van der Waals surface area contributed by atoms with Gasteiger partial charge in [-0.3, -0.25) is 4.57 Å². The first-order valence-corrected chi connectivity index (χ1v) is 10.9. The highest BCUT2D eigenvalue weighted by Gasteiger charge is 2.15. The maximum absolute atomic E-state index is 5.89. The third-order valence-electron chi connectivity index (χ3n) is 4.56. The molecule has 0 unspecified atom stereocenters. The summed E-state index contributed by atoms with van der Waals surface area (Å²) >= 11 is 1.50. The molecule has 2 aromatic heterocycles. The summed E-state index contributed by atoms with van der Waals surface area (Å²) in [5, 5.41) is 13.5. The maximum Gasteiger partial charge on any atom is 0.257 e. The van der Waals surface area contributed by atoms with Crippen LogP contribution in [0.2, 0.25) is 0 Å². The summed E-state index contributed by atoms with van der Waals surface area (Å²) in [4.78, 5) is 4.49. The van der Waals surface area contributed by atoms with E-state index in [1.54, 1.807) is 0 Å². The Bertz CT molecular complexity index is 1170. The van der Waals surface area contributed by atoms with E-state index in [9.17, 15) is 0 Å². The third-order valence-corrected chi connectivity index (χ3v) is 5.52. The molecule has 4 aromatic rings. The molecular weight excluding hydrogens is 410 g/mol. The molecule has 0 bridgehead atoms. The summed E-state index contributed by atoms with van der Waals surface area (Å²) in [6.45, 7) is 8.83. The standard InChI is InChI=1S/C23H23N5O2S/c1-4-12-28-21(14-29-19-7-5-6-17(3)13-19)25-26-23(28)31-15-20-24-22(30-27-20)18-10-8-16(2)9-11-18/h4-11,13H,1,12,14-15H2,2-3H3. The van der Waals surface area contributed by atoms with Crippen LogP contribution in [0.15, 0.2) is 70.9 Å². The quantitative estimate of drug-likeness (QED) is 0.271. The van der Waals surface area contributed by atoms with Crippen LogP contribution in [0.5, 0.6) is 5.75 Å². The van der Waals surface area contributed by atoms with E-state index in [0.717, 1.165) is 27.9 Å². The largest absolute Gasteiger partial charge is 0.486 e. The number of allylic oxidation sites excluding steroid dienone is 1. The lowest BCUT2D eigenvalue weighted by Gasteiger charge is -2.09. The fourth-order valence-corrected chi connectivity index (χ4v) is 3.76. The molecule has 0 fully saturated rings. The van der Waals surface area contributed by atoms with Crippen molar-refractivity contribution in [1.29, 1.82) is 0 Å². The van der Waals surface area contributed by atoms with Crippen molar-refractivity contribution in [3.05, 3.63) is 84.0 Å². The fourth-order valence-electron chi connectivity index (χ4n) is 2.95. The third kappa shape index (κ3) is 5.21. The summed E-state index contributed by atoms with van der Waals surface area (Å²) < 4.78 is 13.3. The van der Waals surface area contributed by atoms with Crippen LogP contribution < -0.4 is 4.74 Å². The van der Waals surface area contributed by atoms with Gasteiger partial charge in [0.1, 0.15) is 12.4 Å². The first-order chi connectivity index (χ1) is 15.1. The number of thioether (sulfide) groups is 1. The molecule has 0 radical (unpaired) electrons. The van der Waals surface area contributed by atoms with E-state index < -0.39 is 0 Å². The van der Waals surface area contributed by atoms with Crippen LogP contribution in [0.3, 0.4) is 0 Å². The summed E-state index contributed by atoms with van der Waals surface area (Å²) in [6.07, 6.45) is 1.81. The number of nitrogens with zero attached hydrogens (tertiary/aromatic N) is 5. The molecule has 2 aromatic carbocycles. The molecular formula is C23H23N5O2S. The van der Waals surface area contributed by atoms with Gasteiger partial charge in [-0.15, -0.1) is 16.8 Å². The molecule has 7 nitrogen and oxygen atoms in total. The first-order valence-electron chi connectivity index (χ1n) is 9.87. The minimum atomic E-state index is 0.324. The van der Waals surface area contributed by atoms with Crippen molar-refractivity contribution in [2.75, 3.05) is 0 Å². The molecule has 0 aliphatic carbocycles. The number of rotatable bonds is 9. The SMILES string of the molecule is C=CCn1c(COc2cccc(C)c2)nnc1SCc1noc(-c2ccc(C)cc2)n1. The molecule has 0 aliphatic heterocycles. The topological polar surface area (TPSA) is 78.9 Å². The van der Waals surface area contributed by atoms with E-state index in [1.165, 1.54) is 17.3 Å². The van der Waals surface area contributed by atoms with Crippen molar-refractivity contribution in [2.45, 2.75) is 37.9 Å². The zero-order valence-electron chi connectivity index (χ0n) is 17.5. The molecule has 0 N–H and O–H groups in total. The fraction of sp³-hybridized carbons (Fsp3) is 0.217. The lowest BCUT2D eigenvalue weighted by molar-refractivity contribution is 0.289. The molecule has 0 saturated carbocycles. The van der Waals surface area contributed by atoms with E-state index in [-0.39, 0.29) is 0 Å². The molecule has 0 saturated heterocycles. The van der Waals surface area contributed by atoms with E-state index in [0.29, 0.717) is 30.6 Å². The van der Waals surface area contributed by atoms with Gasteiger partial charge in [0.05, 0.1) is 5.75 Å². The summed E-state index contributed by atoms with van der Waals surface area (Å²) in [5.74, 6) is 3.17. The van der Waals surface area contributed by atoms with Gasteiger partial charge in [0, 0.05) is 12.1 Å². The second kappa shape index (κ2) is 9.61.